The Labute approximate surface area is 193 Å². The number of rotatable bonds is 4. The van der Waals surface area contributed by atoms with Gasteiger partial charge in [0.25, 0.3) is 5.56 Å². The van der Waals surface area contributed by atoms with Gasteiger partial charge in [0, 0.05) is 10.6 Å². The summed E-state index contributed by atoms with van der Waals surface area (Å²) < 4.78 is 8.12. The molecule has 2 aromatic heterocycles. The molecule has 0 unspecified atom stereocenters. The van der Waals surface area contributed by atoms with Crippen molar-refractivity contribution in [2.75, 3.05) is 0 Å². The number of benzene rings is 3. The summed E-state index contributed by atoms with van der Waals surface area (Å²) in [5, 5.41) is 5.01. The van der Waals surface area contributed by atoms with Crippen LogP contribution in [0.1, 0.15) is 17.0 Å². The third kappa shape index (κ3) is 3.76. The zero-order valence-electron chi connectivity index (χ0n) is 17.9. The second kappa shape index (κ2) is 8.18. The highest BCUT2D eigenvalue weighted by Gasteiger charge is 2.18. The van der Waals surface area contributed by atoms with Crippen molar-refractivity contribution >= 4 is 22.5 Å². The van der Waals surface area contributed by atoms with Crippen LogP contribution in [0.4, 0.5) is 0 Å². The summed E-state index contributed by atoms with van der Waals surface area (Å²) in [6, 6.07) is 19.8. The summed E-state index contributed by atoms with van der Waals surface area (Å²) in [5.41, 5.74) is 2.68. The van der Waals surface area contributed by atoms with Crippen molar-refractivity contribution in [2.24, 2.45) is 0 Å². The van der Waals surface area contributed by atoms with Crippen LogP contribution in [0.5, 0.6) is 0 Å². The molecular weight excluding hydrogens is 440 g/mol. The molecule has 0 aliphatic heterocycles. The molecule has 164 valence electrons. The molecule has 0 amide bonds. The van der Waals surface area contributed by atoms with E-state index in [1.807, 2.05) is 38.1 Å². The first kappa shape index (κ1) is 20.9. The fourth-order valence-corrected chi connectivity index (χ4v) is 4.04. The van der Waals surface area contributed by atoms with Crippen molar-refractivity contribution in [3.63, 3.8) is 0 Å². The topological polar surface area (TPSA) is 82.9 Å². The van der Waals surface area contributed by atoms with Gasteiger partial charge in [0.1, 0.15) is 6.54 Å². The number of fused-ring (bicyclic) bond motifs is 1. The molecule has 0 aliphatic carbocycles. The monoisotopic (exact) mass is 458 g/mol. The Kier molecular flexibility index (Phi) is 5.18. The van der Waals surface area contributed by atoms with E-state index in [0.29, 0.717) is 33.0 Å². The standard InChI is InChI=1S/C25H19ClN4O3/c1-15-10-11-16(2)21(12-15)30-24(31)19-8-3-4-9-20(19)29(25(30)32)14-22-27-23(28-33-22)17-6-5-7-18(26)13-17/h3-13H,14H2,1-2H3. The van der Waals surface area contributed by atoms with E-state index in [-0.39, 0.29) is 18.0 Å². The van der Waals surface area contributed by atoms with E-state index in [0.717, 1.165) is 11.1 Å². The molecule has 8 heteroatoms. The second-order valence-corrected chi connectivity index (χ2v) is 8.27. The van der Waals surface area contributed by atoms with E-state index in [9.17, 15) is 9.59 Å². The zero-order valence-corrected chi connectivity index (χ0v) is 18.7. The first-order valence-electron chi connectivity index (χ1n) is 10.3. The Morgan fingerprint density at radius 2 is 1.79 bits per heavy atom. The quantitative estimate of drug-likeness (QED) is 0.395. The van der Waals surface area contributed by atoms with Crippen molar-refractivity contribution in [3.8, 4) is 17.1 Å². The molecule has 0 saturated heterocycles. The van der Waals surface area contributed by atoms with E-state index in [2.05, 4.69) is 10.1 Å². The highest BCUT2D eigenvalue weighted by molar-refractivity contribution is 6.30. The highest BCUT2D eigenvalue weighted by Crippen LogP contribution is 2.21. The van der Waals surface area contributed by atoms with E-state index in [4.69, 9.17) is 16.1 Å². The lowest BCUT2D eigenvalue weighted by Gasteiger charge is -2.14. The Bertz CT molecular complexity index is 1630. The minimum atomic E-state index is -0.477. The fraction of sp³-hybridized carbons (Fsp3) is 0.120. The van der Waals surface area contributed by atoms with Crippen molar-refractivity contribution in [1.82, 2.24) is 19.3 Å². The van der Waals surface area contributed by atoms with Gasteiger partial charge >= 0.3 is 5.69 Å². The van der Waals surface area contributed by atoms with Crippen molar-refractivity contribution in [1.29, 1.82) is 0 Å². The Morgan fingerprint density at radius 3 is 2.61 bits per heavy atom. The average molecular weight is 459 g/mol. The van der Waals surface area contributed by atoms with Crippen LogP contribution in [-0.2, 0) is 6.54 Å². The summed E-state index contributed by atoms with van der Waals surface area (Å²) in [6.45, 7) is 3.80. The molecule has 3 aromatic carbocycles. The van der Waals surface area contributed by atoms with Gasteiger partial charge < -0.3 is 4.52 Å². The molecular formula is C25H19ClN4O3. The molecule has 7 nitrogen and oxygen atoms in total. The molecule has 0 saturated carbocycles. The maximum atomic E-state index is 13.6. The van der Waals surface area contributed by atoms with Crippen LogP contribution in [0, 0.1) is 13.8 Å². The number of hydrogen-bond acceptors (Lipinski definition) is 5. The predicted octanol–water partition coefficient (Wildman–Crippen LogP) is 4.52. The van der Waals surface area contributed by atoms with Crippen molar-refractivity contribution < 1.29 is 4.52 Å². The van der Waals surface area contributed by atoms with E-state index in [1.165, 1.54) is 9.13 Å². The van der Waals surface area contributed by atoms with Gasteiger partial charge in [0.05, 0.1) is 16.6 Å². The largest absolute Gasteiger partial charge is 0.337 e. The Morgan fingerprint density at radius 1 is 0.970 bits per heavy atom. The van der Waals surface area contributed by atoms with Gasteiger partial charge in [0.2, 0.25) is 11.7 Å². The van der Waals surface area contributed by atoms with Gasteiger partial charge in [0.15, 0.2) is 0 Å². The molecule has 0 aliphatic rings. The van der Waals surface area contributed by atoms with Crippen LogP contribution in [-0.4, -0.2) is 19.3 Å². The summed E-state index contributed by atoms with van der Waals surface area (Å²) in [7, 11) is 0. The number of aromatic nitrogens is 4. The number of nitrogens with zero attached hydrogens (tertiary/aromatic N) is 4. The van der Waals surface area contributed by atoms with Gasteiger partial charge in [-0.3, -0.25) is 9.36 Å². The number of halogens is 1. The van der Waals surface area contributed by atoms with E-state index < -0.39 is 5.69 Å². The Hall–Kier alpha value is -3.97. The first-order valence-corrected chi connectivity index (χ1v) is 10.7. The number of para-hydroxylation sites is 1. The molecule has 0 spiro atoms. The fourth-order valence-electron chi connectivity index (χ4n) is 3.85. The van der Waals surface area contributed by atoms with Crippen LogP contribution < -0.4 is 11.2 Å². The van der Waals surface area contributed by atoms with Gasteiger partial charge in [-0.15, -0.1) is 0 Å². The lowest BCUT2D eigenvalue weighted by Crippen LogP contribution is -2.39. The van der Waals surface area contributed by atoms with Gasteiger partial charge in [-0.05, 0) is 55.3 Å². The van der Waals surface area contributed by atoms with Crippen LogP contribution in [0.15, 0.2) is 80.8 Å². The van der Waals surface area contributed by atoms with E-state index in [1.54, 1.807) is 42.5 Å². The molecule has 0 atom stereocenters. The Balaban J connectivity index is 1.69. The molecule has 0 bridgehead atoms. The molecule has 2 heterocycles. The second-order valence-electron chi connectivity index (χ2n) is 7.84. The minimum Gasteiger partial charge on any atom is -0.337 e. The SMILES string of the molecule is Cc1ccc(C)c(-n2c(=O)c3ccccc3n(Cc3nc(-c4cccc(Cl)c4)no3)c2=O)c1. The number of hydrogen-bond donors (Lipinski definition) is 0. The highest BCUT2D eigenvalue weighted by atomic mass is 35.5. The summed E-state index contributed by atoms with van der Waals surface area (Å²) in [6.07, 6.45) is 0. The summed E-state index contributed by atoms with van der Waals surface area (Å²) in [5.74, 6) is 0.607. The smallest absolute Gasteiger partial charge is 0.336 e. The first-order chi connectivity index (χ1) is 15.9. The predicted molar refractivity (Wildman–Crippen MR) is 127 cm³/mol. The summed E-state index contributed by atoms with van der Waals surface area (Å²) in [4.78, 5) is 31.4. The summed E-state index contributed by atoms with van der Waals surface area (Å²) >= 11 is 6.07. The molecule has 5 aromatic rings. The van der Waals surface area contributed by atoms with Crippen molar-refractivity contribution in [2.45, 2.75) is 20.4 Å². The molecule has 5 rings (SSSR count). The maximum Gasteiger partial charge on any atom is 0.336 e. The van der Waals surface area contributed by atoms with Gasteiger partial charge in [-0.1, -0.05) is 53.2 Å². The zero-order chi connectivity index (χ0) is 23.1. The van der Waals surface area contributed by atoms with Crippen LogP contribution in [0.25, 0.3) is 28.0 Å². The van der Waals surface area contributed by atoms with Gasteiger partial charge in [-0.2, -0.15) is 4.98 Å². The van der Waals surface area contributed by atoms with Crippen molar-refractivity contribution in [3.05, 3.63) is 110 Å². The van der Waals surface area contributed by atoms with E-state index >= 15 is 0 Å². The third-order valence-corrected chi connectivity index (χ3v) is 5.74. The molecule has 0 radical (unpaired) electrons. The molecule has 0 N–H and O–H groups in total. The maximum absolute atomic E-state index is 13.6. The van der Waals surface area contributed by atoms with Crippen LogP contribution >= 0.6 is 11.6 Å². The molecule has 33 heavy (non-hydrogen) atoms. The minimum absolute atomic E-state index is 0.0120. The average Bonchev–Trinajstić information content (AvgIpc) is 3.28. The van der Waals surface area contributed by atoms with Crippen LogP contribution in [0.2, 0.25) is 5.02 Å². The molecule has 0 fully saturated rings. The lowest BCUT2D eigenvalue weighted by atomic mass is 10.1. The lowest BCUT2D eigenvalue weighted by molar-refractivity contribution is 0.370. The number of aryl methyl sites for hydroxylation is 2. The third-order valence-electron chi connectivity index (χ3n) is 5.50. The van der Waals surface area contributed by atoms with Gasteiger partial charge in [-0.25, -0.2) is 9.36 Å². The van der Waals surface area contributed by atoms with Crippen LogP contribution in [0.3, 0.4) is 0 Å². The normalized spacial score (nSPS) is 11.2.